The monoisotopic (exact) mass is 510 g/mol. The maximum absolute atomic E-state index is 6.86. The van der Waals surface area contributed by atoms with Crippen molar-refractivity contribution in [2.24, 2.45) is 4.99 Å². The Labute approximate surface area is 216 Å². The third-order valence-corrected chi connectivity index (χ3v) is 10.9. The standard InChI is InChI=1S/C29H27N4OPS/c1-20-26-28(33(31-20)21-13-7-5-8-14-21)30-19-25(35(26,36)34-22-15-9-6-10-16-22)27-29(2,3)23-17-11-12-18-24(23)32(27)4/h5-19H,1-4H3/b27-25-. The number of hydrogen-bond donors (Lipinski definition) is 0. The Morgan fingerprint density at radius 3 is 2.22 bits per heavy atom. The zero-order valence-corrected chi connectivity index (χ0v) is 22.4. The summed E-state index contributed by atoms with van der Waals surface area (Å²) in [5, 5.41) is 6.78. The molecule has 0 bridgehead atoms. The number of aromatic nitrogens is 2. The van der Waals surface area contributed by atoms with Crippen LogP contribution in [0.1, 0.15) is 25.1 Å². The van der Waals surface area contributed by atoms with Crippen LogP contribution in [0.5, 0.6) is 5.75 Å². The van der Waals surface area contributed by atoms with Crippen LogP contribution in [0.3, 0.4) is 0 Å². The van der Waals surface area contributed by atoms with Crippen LogP contribution in [0.25, 0.3) is 5.69 Å². The zero-order valence-electron chi connectivity index (χ0n) is 20.7. The van der Waals surface area contributed by atoms with E-state index in [0.29, 0.717) is 0 Å². The van der Waals surface area contributed by atoms with E-state index < -0.39 is 6.26 Å². The predicted molar refractivity (Wildman–Crippen MR) is 152 cm³/mol. The Kier molecular flexibility index (Phi) is 5.29. The van der Waals surface area contributed by atoms with Crippen molar-refractivity contribution in [3.63, 3.8) is 0 Å². The van der Waals surface area contributed by atoms with E-state index in [4.69, 9.17) is 26.4 Å². The lowest BCUT2D eigenvalue weighted by molar-refractivity contribution is 0.616. The summed E-state index contributed by atoms with van der Waals surface area (Å²) in [4.78, 5) is 7.25. The second kappa shape index (κ2) is 8.29. The molecule has 7 heteroatoms. The van der Waals surface area contributed by atoms with Crippen LogP contribution in [0.2, 0.25) is 0 Å². The number of aliphatic imine (C=N–C) groups is 1. The highest BCUT2D eigenvalue weighted by Crippen LogP contribution is 2.62. The van der Waals surface area contributed by atoms with Crippen LogP contribution >= 0.6 is 6.26 Å². The first-order chi connectivity index (χ1) is 17.3. The first-order valence-electron chi connectivity index (χ1n) is 12.0. The average Bonchev–Trinajstić information content (AvgIpc) is 3.33. The van der Waals surface area contributed by atoms with Crippen LogP contribution in [-0.2, 0) is 17.2 Å². The topological polar surface area (TPSA) is 42.6 Å². The summed E-state index contributed by atoms with van der Waals surface area (Å²) in [6.07, 6.45) is -0.892. The van der Waals surface area contributed by atoms with Gasteiger partial charge in [0.25, 0.3) is 0 Å². The number of rotatable bonds is 3. The number of nitrogens with zero attached hydrogens (tertiary/aromatic N) is 4. The van der Waals surface area contributed by atoms with Crippen LogP contribution in [0.15, 0.2) is 101 Å². The molecule has 2 aliphatic heterocycles. The molecule has 0 N–H and O–H groups in total. The van der Waals surface area contributed by atoms with Gasteiger partial charge >= 0.3 is 0 Å². The number of hydrogen-bond acceptors (Lipinski definition) is 5. The number of benzene rings is 3. The highest BCUT2D eigenvalue weighted by atomic mass is 32.4. The van der Waals surface area contributed by atoms with E-state index in [1.165, 1.54) is 11.3 Å². The SMILES string of the molecule is Cc1nn(-c2ccccc2)c2c1P(=S)(Oc1ccccc1)/C(=C1\N(C)c3ccccc3C1(C)C)C=N2. The van der Waals surface area contributed by atoms with Gasteiger partial charge in [-0.3, -0.25) is 0 Å². The number of anilines is 1. The molecular formula is C29H27N4OPS. The number of likely N-dealkylation sites (N-methyl/N-ethyl adjacent to an activating group) is 1. The summed E-state index contributed by atoms with van der Waals surface area (Å²) in [6, 6.07) is 28.5. The molecule has 0 radical (unpaired) electrons. The van der Waals surface area contributed by atoms with E-state index in [2.05, 4.69) is 50.1 Å². The van der Waals surface area contributed by atoms with Crippen LogP contribution in [0, 0.1) is 6.92 Å². The summed E-state index contributed by atoms with van der Waals surface area (Å²) in [5.74, 6) is 1.50. The summed E-state index contributed by atoms with van der Waals surface area (Å²) < 4.78 is 8.75. The van der Waals surface area contributed by atoms with E-state index in [0.717, 1.165) is 39.3 Å². The first kappa shape index (κ1) is 23.0. The Balaban J connectivity index is 1.64. The van der Waals surface area contributed by atoms with Gasteiger partial charge in [-0.25, -0.2) is 9.67 Å². The van der Waals surface area contributed by atoms with E-state index >= 15 is 0 Å². The van der Waals surface area contributed by atoms with Gasteiger partial charge in [0.15, 0.2) is 12.1 Å². The molecule has 180 valence electrons. The highest BCUT2D eigenvalue weighted by molar-refractivity contribution is 8.18. The van der Waals surface area contributed by atoms with E-state index in [-0.39, 0.29) is 5.41 Å². The molecule has 0 saturated carbocycles. The minimum atomic E-state index is -2.83. The molecule has 1 unspecified atom stereocenters. The fourth-order valence-electron chi connectivity index (χ4n) is 5.41. The Hall–Kier alpha value is -3.47. The van der Waals surface area contributed by atoms with Crippen molar-refractivity contribution in [3.8, 4) is 11.4 Å². The van der Waals surface area contributed by atoms with Gasteiger partial charge in [0, 0.05) is 30.1 Å². The van der Waals surface area contributed by atoms with Gasteiger partial charge in [-0.2, -0.15) is 5.10 Å². The van der Waals surface area contributed by atoms with Crippen molar-refractivity contribution < 1.29 is 4.52 Å². The van der Waals surface area contributed by atoms with Crippen molar-refractivity contribution in [1.29, 1.82) is 0 Å². The molecule has 2 aliphatic rings. The number of allylic oxidation sites excluding steroid dienone is 2. The van der Waals surface area contributed by atoms with Crippen LogP contribution < -0.4 is 14.7 Å². The maximum Gasteiger partial charge on any atom is 0.180 e. The lowest BCUT2D eigenvalue weighted by Crippen LogP contribution is -2.29. The second-order valence-electron chi connectivity index (χ2n) is 9.65. The molecule has 5 nitrogen and oxygen atoms in total. The molecule has 0 aliphatic carbocycles. The molecule has 1 atom stereocenters. The molecular weight excluding hydrogens is 483 g/mol. The average molecular weight is 511 g/mol. The Morgan fingerprint density at radius 1 is 0.889 bits per heavy atom. The maximum atomic E-state index is 6.86. The van der Waals surface area contributed by atoms with Crippen LogP contribution in [0.4, 0.5) is 11.5 Å². The summed E-state index contributed by atoms with van der Waals surface area (Å²) >= 11 is 6.63. The van der Waals surface area contributed by atoms with Gasteiger partial charge in [0.2, 0.25) is 0 Å². The fourth-order valence-corrected chi connectivity index (χ4v) is 9.37. The zero-order chi connectivity index (χ0) is 25.1. The number of fused-ring (bicyclic) bond motifs is 2. The second-order valence-corrected chi connectivity index (χ2v) is 13.4. The van der Waals surface area contributed by atoms with Gasteiger partial charge < -0.3 is 9.42 Å². The van der Waals surface area contributed by atoms with Gasteiger partial charge in [-0.05, 0) is 54.6 Å². The predicted octanol–water partition coefficient (Wildman–Crippen LogP) is 6.63. The normalized spacial score (nSPS) is 21.8. The fraction of sp³-hybridized carbons (Fsp3) is 0.172. The lowest BCUT2D eigenvalue weighted by atomic mass is 9.84. The smallest absolute Gasteiger partial charge is 0.180 e. The van der Waals surface area contributed by atoms with Gasteiger partial charge in [-0.15, -0.1) is 0 Å². The van der Waals surface area contributed by atoms with Crippen molar-refractivity contribution >= 4 is 41.1 Å². The largest absolute Gasteiger partial charge is 0.457 e. The molecule has 3 heterocycles. The number of aryl methyl sites for hydroxylation is 1. The summed E-state index contributed by atoms with van der Waals surface area (Å²) in [6.45, 7) is 6.52. The third-order valence-electron chi connectivity index (χ3n) is 7.01. The van der Waals surface area contributed by atoms with E-state index in [1.54, 1.807) is 0 Å². The molecule has 0 spiro atoms. The molecule has 4 aromatic rings. The van der Waals surface area contributed by atoms with Crippen molar-refractivity contribution in [2.75, 3.05) is 11.9 Å². The van der Waals surface area contributed by atoms with Gasteiger partial charge in [0.05, 0.1) is 22.0 Å². The molecule has 3 aromatic carbocycles. The number of para-hydroxylation sites is 3. The highest BCUT2D eigenvalue weighted by Gasteiger charge is 2.46. The quantitative estimate of drug-likeness (QED) is 0.290. The summed E-state index contributed by atoms with van der Waals surface area (Å²) in [5.41, 5.74) is 5.11. The van der Waals surface area contributed by atoms with Crippen LogP contribution in [-0.4, -0.2) is 23.0 Å². The van der Waals surface area contributed by atoms with Crippen molar-refractivity contribution in [3.05, 3.63) is 107 Å². The van der Waals surface area contributed by atoms with Crippen molar-refractivity contribution in [1.82, 2.24) is 9.78 Å². The molecule has 0 amide bonds. The molecule has 0 saturated heterocycles. The van der Waals surface area contributed by atoms with Crippen molar-refractivity contribution in [2.45, 2.75) is 26.2 Å². The van der Waals surface area contributed by atoms with E-state index in [9.17, 15) is 0 Å². The van der Waals surface area contributed by atoms with Gasteiger partial charge in [-0.1, -0.05) is 68.4 Å². The van der Waals surface area contributed by atoms with E-state index in [1.807, 2.05) is 78.5 Å². The molecule has 0 fully saturated rings. The molecule has 1 aromatic heterocycles. The van der Waals surface area contributed by atoms with Gasteiger partial charge in [0.1, 0.15) is 5.75 Å². The molecule has 36 heavy (non-hydrogen) atoms. The Morgan fingerprint density at radius 2 is 1.53 bits per heavy atom. The molecule has 6 rings (SSSR count). The minimum absolute atomic E-state index is 0.266. The Bertz CT molecular complexity index is 1590. The summed E-state index contributed by atoms with van der Waals surface area (Å²) in [7, 11) is 2.11. The lowest BCUT2D eigenvalue weighted by Gasteiger charge is -2.34. The first-order valence-corrected chi connectivity index (χ1v) is 14.7. The third kappa shape index (κ3) is 3.32. The minimum Gasteiger partial charge on any atom is -0.457 e.